The Morgan fingerprint density at radius 2 is 1.93 bits per heavy atom. The van der Waals surface area contributed by atoms with Gasteiger partial charge in [0.2, 0.25) is 0 Å². The van der Waals surface area contributed by atoms with Crippen molar-refractivity contribution in [2.24, 2.45) is 5.11 Å². The van der Waals surface area contributed by atoms with Gasteiger partial charge in [-0.05, 0) is 11.6 Å². The molecule has 0 N–H and O–H groups in total. The minimum Gasteiger partial charge on any atom is -0.127 e. The van der Waals surface area contributed by atoms with Crippen molar-refractivity contribution < 1.29 is 0 Å². The van der Waals surface area contributed by atoms with Crippen LogP contribution in [0.5, 0.6) is 0 Å². The Morgan fingerprint density at radius 1 is 1.27 bits per heavy atom. The van der Waals surface area contributed by atoms with Crippen LogP contribution in [0.4, 0.5) is 5.69 Å². The Bertz CT molecular complexity index is 457. The Balaban J connectivity index is 3.13. The Labute approximate surface area is 90.8 Å². The van der Waals surface area contributed by atoms with Crippen molar-refractivity contribution in [3.05, 3.63) is 40.3 Å². The molecular formula is C11H13N3Si. The Kier molecular flexibility index (Phi) is 3.56. The number of azide groups is 1. The number of hydrogen-bond acceptors (Lipinski definition) is 1. The molecule has 0 radical (unpaired) electrons. The smallest absolute Gasteiger partial charge is 0.127 e. The maximum Gasteiger partial charge on any atom is 0.129 e. The van der Waals surface area contributed by atoms with E-state index in [0.29, 0.717) is 5.69 Å². The zero-order valence-corrected chi connectivity index (χ0v) is 10.2. The SMILES string of the molecule is C[Si](C)(C)C#Cc1ccccc1N=[N+]=[N-]. The molecule has 0 spiro atoms. The summed E-state index contributed by atoms with van der Waals surface area (Å²) < 4.78 is 0. The fraction of sp³-hybridized carbons (Fsp3) is 0.273. The first kappa shape index (κ1) is 11.4. The Morgan fingerprint density at radius 3 is 2.53 bits per heavy atom. The fourth-order valence-electron chi connectivity index (χ4n) is 0.970. The van der Waals surface area contributed by atoms with Gasteiger partial charge in [0.1, 0.15) is 8.07 Å². The van der Waals surface area contributed by atoms with Crippen molar-refractivity contribution in [2.45, 2.75) is 19.6 Å². The lowest BCUT2D eigenvalue weighted by atomic mass is 10.2. The molecule has 0 bridgehead atoms. The van der Waals surface area contributed by atoms with Gasteiger partial charge in [0.05, 0.1) is 5.69 Å². The minimum atomic E-state index is -1.38. The molecule has 3 nitrogen and oxygen atoms in total. The first-order chi connectivity index (χ1) is 7.03. The van der Waals surface area contributed by atoms with Crippen LogP contribution in [0.1, 0.15) is 5.56 Å². The van der Waals surface area contributed by atoms with Gasteiger partial charge in [0.25, 0.3) is 0 Å². The standard InChI is InChI=1S/C11H13N3Si/c1-15(2,3)9-8-10-6-4-5-7-11(10)13-14-12/h4-7H,1-3H3. The van der Waals surface area contributed by atoms with E-state index in [1.54, 1.807) is 6.07 Å². The van der Waals surface area contributed by atoms with Crippen LogP contribution in [0.3, 0.4) is 0 Å². The van der Waals surface area contributed by atoms with E-state index >= 15 is 0 Å². The van der Waals surface area contributed by atoms with Crippen LogP contribution in [0, 0.1) is 11.5 Å². The van der Waals surface area contributed by atoms with E-state index in [1.807, 2.05) is 18.2 Å². The molecule has 0 saturated heterocycles. The highest BCUT2D eigenvalue weighted by Gasteiger charge is 2.07. The summed E-state index contributed by atoms with van der Waals surface area (Å²) in [5.41, 5.74) is 13.0. The molecule has 0 aliphatic heterocycles. The molecule has 0 aliphatic carbocycles. The predicted molar refractivity (Wildman–Crippen MR) is 65.5 cm³/mol. The van der Waals surface area contributed by atoms with Crippen molar-refractivity contribution in [1.82, 2.24) is 0 Å². The molecule has 0 aromatic heterocycles. The monoisotopic (exact) mass is 215 g/mol. The topological polar surface area (TPSA) is 48.8 Å². The highest BCUT2D eigenvalue weighted by Crippen LogP contribution is 2.17. The van der Waals surface area contributed by atoms with Crippen LogP contribution in [-0.2, 0) is 0 Å². The molecule has 1 rings (SSSR count). The van der Waals surface area contributed by atoms with E-state index in [0.717, 1.165) is 5.56 Å². The quantitative estimate of drug-likeness (QED) is 0.224. The van der Waals surface area contributed by atoms with Crippen molar-refractivity contribution in [2.75, 3.05) is 0 Å². The number of nitrogens with zero attached hydrogens (tertiary/aromatic N) is 3. The van der Waals surface area contributed by atoms with Crippen LogP contribution < -0.4 is 0 Å². The maximum absolute atomic E-state index is 8.39. The van der Waals surface area contributed by atoms with Gasteiger partial charge in [-0.1, -0.05) is 48.9 Å². The van der Waals surface area contributed by atoms with Crippen molar-refractivity contribution in [3.8, 4) is 11.5 Å². The summed E-state index contributed by atoms with van der Waals surface area (Å²) in [5.74, 6) is 3.08. The molecule has 76 valence electrons. The molecule has 0 fully saturated rings. The molecule has 0 heterocycles. The lowest BCUT2D eigenvalue weighted by molar-refractivity contribution is 1.45. The average molecular weight is 215 g/mol. The normalized spacial score (nSPS) is 9.80. The molecule has 0 atom stereocenters. The van der Waals surface area contributed by atoms with Crippen molar-refractivity contribution in [3.63, 3.8) is 0 Å². The van der Waals surface area contributed by atoms with E-state index in [-0.39, 0.29) is 0 Å². The fourth-order valence-corrected chi connectivity index (χ4v) is 1.48. The molecule has 15 heavy (non-hydrogen) atoms. The first-order valence-corrected chi connectivity index (χ1v) is 8.20. The lowest BCUT2D eigenvalue weighted by Crippen LogP contribution is -2.16. The second kappa shape index (κ2) is 4.69. The van der Waals surface area contributed by atoms with Gasteiger partial charge in [0.15, 0.2) is 0 Å². The minimum absolute atomic E-state index is 0.603. The summed E-state index contributed by atoms with van der Waals surface area (Å²) in [7, 11) is -1.38. The van der Waals surface area contributed by atoms with E-state index < -0.39 is 8.07 Å². The van der Waals surface area contributed by atoms with Crippen molar-refractivity contribution in [1.29, 1.82) is 0 Å². The largest absolute Gasteiger partial charge is 0.129 e. The predicted octanol–water partition coefficient (Wildman–Crippen LogP) is 3.86. The maximum atomic E-state index is 8.39. The number of benzene rings is 1. The van der Waals surface area contributed by atoms with Gasteiger partial charge < -0.3 is 0 Å². The van der Waals surface area contributed by atoms with Gasteiger partial charge in [-0.15, -0.1) is 5.54 Å². The van der Waals surface area contributed by atoms with E-state index in [9.17, 15) is 0 Å². The van der Waals surface area contributed by atoms with Gasteiger partial charge in [-0.25, -0.2) is 0 Å². The summed E-state index contributed by atoms with van der Waals surface area (Å²) in [6, 6.07) is 7.37. The number of hydrogen-bond donors (Lipinski definition) is 0. The molecule has 0 saturated carbocycles. The number of rotatable bonds is 1. The van der Waals surface area contributed by atoms with E-state index in [4.69, 9.17) is 5.53 Å². The zero-order chi connectivity index (χ0) is 11.3. The average Bonchev–Trinajstić information content (AvgIpc) is 2.16. The van der Waals surface area contributed by atoms with Crippen LogP contribution in [0.2, 0.25) is 19.6 Å². The van der Waals surface area contributed by atoms with E-state index in [2.05, 4.69) is 41.1 Å². The molecular weight excluding hydrogens is 202 g/mol. The summed E-state index contributed by atoms with van der Waals surface area (Å²) in [6.07, 6.45) is 0. The van der Waals surface area contributed by atoms with Gasteiger partial charge >= 0.3 is 0 Å². The summed E-state index contributed by atoms with van der Waals surface area (Å²) in [5, 5.41) is 3.60. The molecule has 1 aromatic carbocycles. The van der Waals surface area contributed by atoms with Crippen LogP contribution in [0.25, 0.3) is 10.4 Å². The van der Waals surface area contributed by atoms with E-state index in [1.165, 1.54) is 0 Å². The molecule has 1 aromatic rings. The second-order valence-electron chi connectivity index (χ2n) is 4.21. The van der Waals surface area contributed by atoms with Gasteiger partial charge in [0, 0.05) is 10.5 Å². The summed E-state index contributed by atoms with van der Waals surface area (Å²) in [6.45, 7) is 6.53. The molecule has 0 amide bonds. The molecule has 4 heteroatoms. The highest BCUT2D eigenvalue weighted by molar-refractivity contribution is 6.83. The second-order valence-corrected chi connectivity index (χ2v) is 8.96. The zero-order valence-electron chi connectivity index (χ0n) is 9.15. The Hall–Kier alpha value is -1.69. The van der Waals surface area contributed by atoms with Crippen LogP contribution >= 0.6 is 0 Å². The third-order valence-electron chi connectivity index (χ3n) is 1.63. The highest BCUT2D eigenvalue weighted by atomic mass is 28.3. The van der Waals surface area contributed by atoms with Gasteiger partial charge in [-0.3, -0.25) is 0 Å². The molecule has 0 aliphatic rings. The first-order valence-electron chi connectivity index (χ1n) is 4.70. The van der Waals surface area contributed by atoms with Crippen LogP contribution in [-0.4, -0.2) is 8.07 Å². The third-order valence-corrected chi connectivity index (χ3v) is 2.50. The van der Waals surface area contributed by atoms with Gasteiger partial charge in [-0.2, -0.15) is 0 Å². The summed E-state index contributed by atoms with van der Waals surface area (Å²) in [4.78, 5) is 2.78. The molecule has 0 unspecified atom stereocenters. The third kappa shape index (κ3) is 3.90. The van der Waals surface area contributed by atoms with Crippen LogP contribution in [0.15, 0.2) is 29.4 Å². The summed E-state index contributed by atoms with van der Waals surface area (Å²) >= 11 is 0. The lowest BCUT2D eigenvalue weighted by Gasteiger charge is -2.03. The van der Waals surface area contributed by atoms with Crippen molar-refractivity contribution >= 4 is 13.8 Å².